The van der Waals surface area contributed by atoms with Gasteiger partial charge in [0.05, 0.1) is 5.60 Å². The van der Waals surface area contributed by atoms with E-state index in [1.165, 1.54) is 0 Å². The number of rotatable bonds is 3. The molecule has 76 valence electrons. The Hall–Kier alpha value is -0.0800. The molecule has 0 aliphatic heterocycles. The molecule has 0 spiro atoms. The fourth-order valence-corrected chi connectivity index (χ4v) is 0.408. The molecule has 0 fully saturated rings. The fraction of sp³-hybridized carbons (Fsp3) is 1.00. The van der Waals surface area contributed by atoms with Gasteiger partial charge in [-0.1, -0.05) is 13.8 Å². The Balaban J connectivity index is 0. The van der Waals surface area contributed by atoms with Crippen molar-refractivity contribution in [2.75, 3.05) is 13.2 Å². The van der Waals surface area contributed by atoms with Crippen LogP contribution in [0.1, 0.15) is 47.5 Å². The predicted octanol–water partition coefficient (Wildman–Crippen LogP) is 2.60. The number of hydrogen-bond acceptors (Lipinski definition) is 2. The normalized spacial score (nSPS) is 10.5. The van der Waals surface area contributed by atoms with E-state index >= 15 is 0 Å². The fourth-order valence-electron chi connectivity index (χ4n) is 0.408. The van der Waals surface area contributed by atoms with E-state index in [-0.39, 0.29) is 5.60 Å². The first-order valence-corrected chi connectivity index (χ1v) is 4.72. The zero-order chi connectivity index (χ0) is 10.0. The summed E-state index contributed by atoms with van der Waals surface area (Å²) in [7, 11) is 0. The highest BCUT2D eigenvalue weighted by Crippen LogP contribution is 2.05. The molecule has 0 bridgehead atoms. The second-order valence-corrected chi connectivity index (χ2v) is 3.68. The van der Waals surface area contributed by atoms with Crippen LogP contribution in [-0.4, -0.2) is 23.9 Å². The van der Waals surface area contributed by atoms with Crippen molar-refractivity contribution in [3.8, 4) is 0 Å². The minimum atomic E-state index is 0.0516. The second kappa shape index (κ2) is 9.01. The van der Waals surface area contributed by atoms with Gasteiger partial charge in [0, 0.05) is 13.2 Å². The molecule has 0 saturated carbocycles. The molecule has 12 heavy (non-hydrogen) atoms. The van der Waals surface area contributed by atoms with Crippen LogP contribution in [0.15, 0.2) is 0 Å². The largest absolute Gasteiger partial charge is 0.396 e. The minimum Gasteiger partial charge on any atom is -0.396 e. The average molecular weight is 176 g/mol. The number of hydrogen-bond donors (Lipinski definition) is 1. The molecule has 0 aromatic rings. The Morgan fingerprint density at radius 3 is 1.58 bits per heavy atom. The Morgan fingerprint density at radius 1 is 1.08 bits per heavy atom. The SMILES string of the molecule is CCCO.CCCOC(C)(C)C. The van der Waals surface area contributed by atoms with Crippen molar-refractivity contribution in [1.29, 1.82) is 0 Å². The van der Waals surface area contributed by atoms with Crippen LogP contribution >= 0.6 is 0 Å². The molecule has 0 atom stereocenters. The zero-order valence-electron chi connectivity index (χ0n) is 9.18. The molecule has 0 aromatic heterocycles. The van der Waals surface area contributed by atoms with Gasteiger partial charge in [0.1, 0.15) is 0 Å². The van der Waals surface area contributed by atoms with Gasteiger partial charge in [-0.2, -0.15) is 0 Å². The van der Waals surface area contributed by atoms with Gasteiger partial charge in [-0.25, -0.2) is 0 Å². The lowest BCUT2D eigenvalue weighted by atomic mass is 10.2. The van der Waals surface area contributed by atoms with Crippen LogP contribution in [0.3, 0.4) is 0 Å². The Morgan fingerprint density at radius 2 is 1.50 bits per heavy atom. The highest BCUT2D eigenvalue weighted by atomic mass is 16.5. The van der Waals surface area contributed by atoms with Gasteiger partial charge in [-0.05, 0) is 33.6 Å². The third-order valence-electron chi connectivity index (χ3n) is 0.963. The van der Waals surface area contributed by atoms with Crippen LogP contribution in [0.5, 0.6) is 0 Å². The maximum absolute atomic E-state index is 7.88. The monoisotopic (exact) mass is 176 g/mol. The van der Waals surface area contributed by atoms with Gasteiger partial charge in [0.2, 0.25) is 0 Å². The summed E-state index contributed by atoms with van der Waals surface area (Å²) in [6.45, 7) is 11.5. The van der Waals surface area contributed by atoms with Crippen molar-refractivity contribution in [2.45, 2.75) is 53.1 Å². The smallest absolute Gasteiger partial charge is 0.0598 e. The van der Waals surface area contributed by atoms with Crippen molar-refractivity contribution in [2.24, 2.45) is 0 Å². The molecular weight excluding hydrogens is 152 g/mol. The Labute approximate surface area is 76.9 Å². The second-order valence-electron chi connectivity index (χ2n) is 3.68. The van der Waals surface area contributed by atoms with Crippen molar-refractivity contribution >= 4 is 0 Å². The van der Waals surface area contributed by atoms with Gasteiger partial charge in [-0.15, -0.1) is 0 Å². The number of ether oxygens (including phenoxy) is 1. The molecule has 0 rings (SSSR count). The van der Waals surface area contributed by atoms with E-state index in [2.05, 4.69) is 27.7 Å². The first kappa shape index (κ1) is 14.4. The van der Waals surface area contributed by atoms with E-state index in [0.29, 0.717) is 6.61 Å². The van der Waals surface area contributed by atoms with E-state index < -0.39 is 0 Å². The third-order valence-corrected chi connectivity index (χ3v) is 0.963. The van der Waals surface area contributed by atoms with Crippen molar-refractivity contribution in [3.63, 3.8) is 0 Å². The van der Waals surface area contributed by atoms with Gasteiger partial charge in [0.25, 0.3) is 0 Å². The van der Waals surface area contributed by atoms with Gasteiger partial charge >= 0.3 is 0 Å². The molecule has 0 amide bonds. The minimum absolute atomic E-state index is 0.0516. The molecule has 1 N–H and O–H groups in total. The van der Waals surface area contributed by atoms with Gasteiger partial charge in [-0.3, -0.25) is 0 Å². The topological polar surface area (TPSA) is 29.5 Å². The summed E-state index contributed by atoms with van der Waals surface area (Å²) in [4.78, 5) is 0. The van der Waals surface area contributed by atoms with E-state index in [9.17, 15) is 0 Å². The van der Waals surface area contributed by atoms with E-state index in [1.54, 1.807) is 0 Å². The summed E-state index contributed by atoms with van der Waals surface area (Å²) in [6, 6.07) is 0. The van der Waals surface area contributed by atoms with E-state index in [1.807, 2.05) is 6.92 Å². The molecule has 0 radical (unpaired) electrons. The molecule has 2 heteroatoms. The van der Waals surface area contributed by atoms with Crippen LogP contribution in [0, 0.1) is 0 Å². The lowest BCUT2D eigenvalue weighted by molar-refractivity contribution is -0.00236. The number of aliphatic hydroxyl groups excluding tert-OH is 1. The summed E-state index contributed by atoms with van der Waals surface area (Å²) in [6.07, 6.45) is 1.98. The molecule has 0 heterocycles. The summed E-state index contributed by atoms with van der Waals surface area (Å²) in [5.41, 5.74) is 0.0516. The highest BCUT2D eigenvalue weighted by Gasteiger charge is 2.07. The highest BCUT2D eigenvalue weighted by molar-refractivity contribution is 4.57. The summed E-state index contributed by atoms with van der Waals surface area (Å²) >= 11 is 0. The first-order valence-electron chi connectivity index (χ1n) is 4.72. The summed E-state index contributed by atoms with van der Waals surface area (Å²) in [5.74, 6) is 0. The lowest BCUT2D eigenvalue weighted by Gasteiger charge is -2.18. The number of aliphatic hydroxyl groups is 1. The molecule has 2 nitrogen and oxygen atoms in total. The Bertz CT molecular complexity index is 72.4. The molecule has 0 saturated heterocycles. The summed E-state index contributed by atoms with van der Waals surface area (Å²) < 4.78 is 5.38. The van der Waals surface area contributed by atoms with Crippen LogP contribution < -0.4 is 0 Å². The quantitative estimate of drug-likeness (QED) is 0.716. The van der Waals surface area contributed by atoms with E-state index in [4.69, 9.17) is 9.84 Å². The third kappa shape index (κ3) is 22.5. The van der Waals surface area contributed by atoms with Gasteiger partial charge < -0.3 is 9.84 Å². The Kier molecular flexibility index (Phi) is 10.8. The standard InChI is InChI=1S/C7H16O.C3H8O/c1-5-6-8-7(2,3)4;1-2-3-4/h5-6H2,1-4H3;4H,2-3H2,1H3. The molecule has 0 unspecified atom stereocenters. The average Bonchev–Trinajstić information content (AvgIpc) is 2.00. The van der Waals surface area contributed by atoms with Crippen molar-refractivity contribution in [3.05, 3.63) is 0 Å². The van der Waals surface area contributed by atoms with Crippen LogP contribution in [-0.2, 0) is 4.74 Å². The van der Waals surface area contributed by atoms with Crippen molar-refractivity contribution in [1.82, 2.24) is 0 Å². The van der Waals surface area contributed by atoms with E-state index in [0.717, 1.165) is 19.4 Å². The lowest BCUT2D eigenvalue weighted by Crippen LogP contribution is -2.19. The zero-order valence-corrected chi connectivity index (χ0v) is 9.18. The predicted molar refractivity (Wildman–Crippen MR) is 53.4 cm³/mol. The molecular formula is C10H24O2. The van der Waals surface area contributed by atoms with Gasteiger partial charge in [0.15, 0.2) is 0 Å². The van der Waals surface area contributed by atoms with Crippen molar-refractivity contribution < 1.29 is 9.84 Å². The maximum Gasteiger partial charge on any atom is 0.0598 e. The van der Waals surface area contributed by atoms with Crippen LogP contribution in [0.4, 0.5) is 0 Å². The maximum atomic E-state index is 7.88. The molecule has 0 aliphatic carbocycles. The first-order chi connectivity index (χ1) is 5.47. The molecule has 0 aliphatic rings. The van der Waals surface area contributed by atoms with Crippen LogP contribution in [0.2, 0.25) is 0 Å². The summed E-state index contributed by atoms with van der Waals surface area (Å²) in [5, 5.41) is 7.88. The van der Waals surface area contributed by atoms with Crippen LogP contribution in [0.25, 0.3) is 0 Å². The molecule has 0 aromatic carbocycles.